The molecule has 2 aromatic carbocycles. The van der Waals surface area contributed by atoms with E-state index >= 15 is 0 Å². The van der Waals surface area contributed by atoms with Crippen LogP contribution in [0, 0.1) is 5.82 Å². The van der Waals surface area contributed by atoms with E-state index in [4.69, 9.17) is 17.3 Å². The number of nitrogens with one attached hydrogen (secondary N) is 1. The maximum absolute atomic E-state index is 13.2. The molecule has 7 heteroatoms. The number of benzene rings is 2. The number of nitrogens with two attached hydrogens (primary N) is 1. The van der Waals surface area contributed by atoms with E-state index in [2.05, 4.69) is 15.3 Å². The van der Waals surface area contributed by atoms with Crippen LogP contribution in [-0.4, -0.2) is 16.2 Å². The van der Waals surface area contributed by atoms with Crippen LogP contribution in [0.1, 0.15) is 0 Å². The molecule has 0 saturated carbocycles. The molecular weight excluding hydrogens is 323 g/mol. The topological polar surface area (TPSA) is 63.8 Å². The number of halogens is 2. The van der Waals surface area contributed by atoms with Crippen molar-refractivity contribution in [1.29, 1.82) is 0 Å². The third-order valence-electron chi connectivity index (χ3n) is 3.17. The van der Waals surface area contributed by atoms with E-state index < -0.39 is 5.82 Å². The third kappa shape index (κ3) is 2.80. The van der Waals surface area contributed by atoms with Gasteiger partial charge in [0.25, 0.3) is 0 Å². The minimum absolute atomic E-state index is 0.0487. The molecule has 0 atom stereocenters. The van der Waals surface area contributed by atoms with Crippen LogP contribution in [-0.2, 0) is 0 Å². The Balaban J connectivity index is 2.06. The number of rotatable bonds is 3. The van der Waals surface area contributed by atoms with Gasteiger partial charge in [-0.25, -0.2) is 14.4 Å². The lowest BCUT2D eigenvalue weighted by Gasteiger charge is -2.11. The van der Waals surface area contributed by atoms with Crippen LogP contribution < -0.4 is 11.1 Å². The molecule has 3 rings (SSSR count). The van der Waals surface area contributed by atoms with E-state index in [-0.39, 0.29) is 5.02 Å². The van der Waals surface area contributed by atoms with Crippen molar-refractivity contribution in [2.24, 2.45) is 0 Å². The normalized spacial score (nSPS) is 10.9. The van der Waals surface area contributed by atoms with Gasteiger partial charge >= 0.3 is 0 Å². The van der Waals surface area contributed by atoms with Crippen molar-refractivity contribution in [3.05, 3.63) is 47.5 Å². The fraction of sp³-hybridized carbons (Fsp3) is 0.0667. The maximum Gasteiger partial charge on any atom is 0.141 e. The molecule has 0 aliphatic heterocycles. The number of aromatic nitrogens is 2. The molecule has 0 unspecified atom stereocenters. The molecule has 0 bridgehead atoms. The van der Waals surface area contributed by atoms with Gasteiger partial charge in [-0.3, -0.25) is 0 Å². The second-order valence-corrected chi connectivity index (χ2v) is 5.84. The fourth-order valence-corrected chi connectivity index (χ4v) is 2.79. The lowest BCUT2D eigenvalue weighted by Crippen LogP contribution is -1.98. The van der Waals surface area contributed by atoms with E-state index in [1.54, 1.807) is 17.8 Å². The zero-order chi connectivity index (χ0) is 15.7. The summed E-state index contributed by atoms with van der Waals surface area (Å²) in [4.78, 5) is 9.45. The summed E-state index contributed by atoms with van der Waals surface area (Å²) < 4.78 is 13.2. The van der Waals surface area contributed by atoms with Crippen LogP contribution in [0.15, 0.2) is 41.6 Å². The first-order chi connectivity index (χ1) is 10.6. The Kier molecular flexibility index (Phi) is 4.04. The van der Waals surface area contributed by atoms with Crippen molar-refractivity contribution >= 4 is 51.5 Å². The van der Waals surface area contributed by atoms with E-state index in [1.807, 2.05) is 18.4 Å². The monoisotopic (exact) mass is 334 g/mol. The van der Waals surface area contributed by atoms with Crippen molar-refractivity contribution < 1.29 is 4.39 Å². The zero-order valence-electron chi connectivity index (χ0n) is 11.6. The average molecular weight is 335 g/mol. The van der Waals surface area contributed by atoms with Gasteiger partial charge in [-0.15, -0.1) is 11.8 Å². The molecule has 0 radical (unpaired) electrons. The highest BCUT2D eigenvalue weighted by atomic mass is 35.5. The summed E-state index contributed by atoms with van der Waals surface area (Å²) in [6.07, 6.45) is 3.43. The quantitative estimate of drug-likeness (QED) is 0.546. The van der Waals surface area contributed by atoms with Gasteiger partial charge in [0.2, 0.25) is 0 Å². The predicted octanol–water partition coefficient (Wildman–Crippen LogP) is 4.47. The first-order valence-corrected chi connectivity index (χ1v) is 7.99. The standard InChI is InChI=1S/C15H12ClFN4S/c1-22-14-6-13-9(5-12(14)18)15(20-7-19-13)21-8-2-3-11(17)10(16)4-8/h2-7H,18H2,1H3,(H,19,20,21). The molecule has 0 fully saturated rings. The SMILES string of the molecule is CSc1cc2ncnc(Nc3ccc(F)c(Cl)c3)c2cc1N. The average Bonchev–Trinajstić information content (AvgIpc) is 2.51. The van der Waals surface area contributed by atoms with Crippen LogP contribution >= 0.6 is 23.4 Å². The van der Waals surface area contributed by atoms with Crippen LogP contribution in [0.5, 0.6) is 0 Å². The van der Waals surface area contributed by atoms with Crippen molar-refractivity contribution in [3.8, 4) is 0 Å². The first-order valence-electron chi connectivity index (χ1n) is 6.39. The Labute approximate surface area is 135 Å². The van der Waals surface area contributed by atoms with Crippen LogP contribution in [0.25, 0.3) is 10.9 Å². The van der Waals surface area contributed by atoms with Crippen LogP contribution in [0.2, 0.25) is 5.02 Å². The molecule has 0 aliphatic carbocycles. The van der Waals surface area contributed by atoms with Crippen LogP contribution in [0.3, 0.4) is 0 Å². The summed E-state index contributed by atoms with van der Waals surface area (Å²) in [5.74, 6) is 0.126. The number of hydrogen-bond donors (Lipinski definition) is 2. The molecule has 0 saturated heterocycles. The zero-order valence-corrected chi connectivity index (χ0v) is 13.2. The van der Waals surface area contributed by atoms with Gasteiger partial charge in [-0.05, 0) is 36.6 Å². The first kappa shape index (κ1) is 14.9. The minimum Gasteiger partial charge on any atom is -0.398 e. The molecule has 0 amide bonds. The summed E-state index contributed by atoms with van der Waals surface area (Å²) in [5, 5.41) is 3.95. The lowest BCUT2D eigenvalue weighted by molar-refractivity contribution is 0.628. The molecule has 3 aromatic rings. The van der Waals surface area contributed by atoms with Gasteiger partial charge in [-0.1, -0.05) is 11.6 Å². The summed E-state index contributed by atoms with van der Waals surface area (Å²) in [6, 6.07) is 8.14. The second-order valence-electron chi connectivity index (χ2n) is 4.59. The van der Waals surface area contributed by atoms with E-state index in [0.29, 0.717) is 17.2 Å². The van der Waals surface area contributed by atoms with Gasteiger partial charge in [0.15, 0.2) is 0 Å². The minimum atomic E-state index is -0.464. The Bertz CT molecular complexity index is 856. The molecule has 3 N–H and O–H groups in total. The summed E-state index contributed by atoms with van der Waals surface area (Å²) in [7, 11) is 0. The van der Waals surface area contributed by atoms with Gasteiger partial charge in [0, 0.05) is 21.7 Å². The largest absolute Gasteiger partial charge is 0.398 e. The molecule has 0 aliphatic rings. The molecule has 1 aromatic heterocycles. The Morgan fingerprint density at radius 3 is 2.77 bits per heavy atom. The Morgan fingerprint density at radius 1 is 1.23 bits per heavy atom. The number of thioether (sulfide) groups is 1. The van der Waals surface area contributed by atoms with Gasteiger partial charge < -0.3 is 11.1 Å². The number of nitrogens with zero attached hydrogens (tertiary/aromatic N) is 2. The molecule has 112 valence electrons. The highest BCUT2D eigenvalue weighted by Gasteiger charge is 2.09. The highest BCUT2D eigenvalue weighted by Crippen LogP contribution is 2.31. The van der Waals surface area contributed by atoms with E-state index in [9.17, 15) is 4.39 Å². The van der Waals surface area contributed by atoms with Crippen molar-refractivity contribution in [1.82, 2.24) is 9.97 Å². The van der Waals surface area contributed by atoms with E-state index in [0.717, 1.165) is 15.8 Å². The molecular formula is C15H12ClFN4S. The summed E-state index contributed by atoms with van der Waals surface area (Å²) in [6.45, 7) is 0. The smallest absolute Gasteiger partial charge is 0.141 e. The number of hydrogen-bond acceptors (Lipinski definition) is 5. The van der Waals surface area contributed by atoms with Gasteiger partial charge in [-0.2, -0.15) is 0 Å². The van der Waals surface area contributed by atoms with Crippen molar-refractivity contribution in [3.63, 3.8) is 0 Å². The second kappa shape index (κ2) is 5.98. The summed E-state index contributed by atoms with van der Waals surface area (Å²) in [5.41, 5.74) is 8.11. The highest BCUT2D eigenvalue weighted by molar-refractivity contribution is 7.98. The van der Waals surface area contributed by atoms with E-state index in [1.165, 1.54) is 18.5 Å². The third-order valence-corrected chi connectivity index (χ3v) is 4.25. The molecule has 1 heterocycles. The number of anilines is 3. The van der Waals surface area contributed by atoms with Crippen molar-refractivity contribution in [2.45, 2.75) is 4.90 Å². The van der Waals surface area contributed by atoms with Gasteiger partial charge in [0.05, 0.1) is 10.5 Å². The predicted molar refractivity (Wildman–Crippen MR) is 90.4 cm³/mol. The molecule has 0 spiro atoms. The Morgan fingerprint density at radius 2 is 2.05 bits per heavy atom. The summed E-state index contributed by atoms with van der Waals surface area (Å²) >= 11 is 7.35. The Hall–Kier alpha value is -2.05. The van der Waals surface area contributed by atoms with Gasteiger partial charge in [0.1, 0.15) is 18.0 Å². The molecule has 22 heavy (non-hydrogen) atoms. The number of nitrogen functional groups attached to an aromatic ring is 1. The number of fused-ring (bicyclic) bond motifs is 1. The van der Waals surface area contributed by atoms with Crippen molar-refractivity contribution in [2.75, 3.05) is 17.3 Å². The molecule has 4 nitrogen and oxygen atoms in total. The fourth-order valence-electron chi connectivity index (χ4n) is 2.09. The maximum atomic E-state index is 13.2. The van der Waals surface area contributed by atoms with Crippen LogP contribution in [0.4, 0.5) is 21.6 Å². The lowest BCUT2D eigenvalue weighted by atomic mass is 10.2.